The van der Waals surface area contributed by atoms with Gasteiger partial charge in [-0.25, -0.2) is 0 Å². The molecule has 8 unspecified atom stereocenters. The molecule has 302 valence electrons. The molecule has 6 rings (SSSR count). The number of aliphatic hydroxyl groups is 1. The summed E-state index contributed by atoms with van der Waals surface area (Å²) in [6.07, 6.45) is 0.182. The van der Waals surface area contributed by atoms with Crippen molar-refractivity contribution in [2.24, 2.45) is 5.41 Å². The molecule has 2 bridgehead atoms. The molecule has 2 aromatic carbocycles. The average Bonchev–Trinajstić information content (AvgIpc) is 3.79. The van der Waals surface area contributed by atoms with Crippen LogP contribution in [0.3, 0.4) is 0 Å². The van der Waals surface area contributed by atoms with Gasteiger partial charge in [0.1, 0.15) is 48.3 Å². The zero-order chi connectivity index (χ0) is 40.4. The SMILES string of the molecule is CN(C)C(=O)C=Cc1ccccc1CN1OC2C3OCOC3C3CC2(C(=O)N(C)C(Cc2ccccc2)C(=O)NC(CO)CCC(=O)OC(C)(C)C)C1C(=O)O3. The first-order chi connectivity index (χ1) is 26.6. The minimum atomic E-state index is -1.54. The van der Waals surface area contributed by atoms with Gasteiger partial charge in [-0.05, 0) is 50.0 Å². The summed E-state index contributed by atoms with van der Waals surface area (Å²) < 4.78 is 23.3. The first-order valence-corrected chi connectivity index (χ1v) is 18.9. The Labute approximate surface area is 326 Å². The summed E-state index contributed by atoms with van der Waals surface area (Å²) in [5, 5.41) is 14.6. The molecule has 8 atom stereocenters. The smallest absolute Gasteiger partial charge is 0.327 e. The molecule has 1 aliphatic carbocycles. The van der Waals surface area contributed by atoms with Crippen LogP contribution in [0.4, 0.5) is 0 Å². The highest BCUT2D eigenvalue weighted by Crippen LogP contribution is 2.56. The van der Waals surface area contributed by atoms with E-state index in [1.165, 1.54) is 28.0 Å². The van der Waals surface area contributed by atoms with Crippen LogP contribution in [0.2, 0.25) is 0 Å². The standard InChI is InChI=1S/C41H52N4O11/c1-40(2,3)55-32(48)19-17-28(23-46)42-37(49)29(20-25-12-8-7-9-13-25)44(6)39(51)41-21-30-33-34(53-24-52-33)36(41)56-45(35(41)38(50)54-30)22-27-15-11-10-14-26(27)16-18-31(47)43(4)5/h7-16,18,28-30,33-36,46H,17,19-24H2,1-6H3,(H,42,49). The molecule has 3 saturated heterocycles. The lowest BCUT2D eigenvalue weighted by atomic mass is 9.62. The molecule has 15 nitrogen and oxygen atoms in total. The number of rotatable bonds is 14. The van der Waals surface area contributed by atoms with Crippen molar-refractivity contribution in [3.05, 3.63) is 77.4 Å². The van der Waals surface area contributed by atoms with Gasteiger partial charge in [0.2, 0.25) is 17.7 Å². The number of benzene rings is 2. The average molecular weight is 777 g/mol. The second-order valence-corrected chi connectivity index (χ2v) is 16.0. The number of carbonyl (C=O) groups is 5. The molecule has 2 aromatic rings. The van der Waals surface area contributed by atoms with Crippen LogP contribution < -0.4 is 5.32 Å². The maximum atomic E-state index is 15.3. The number of aliphatic hydroxyl groups excluding tert-OH is 1. The summed E-state index contributed by atoms with van der Waals surface area (Å²) in [6.45, 7) is 4.80. The zero-order valence-electron chi connectivity index (χ0n) is 32.7. The fraction of sp³-hybridized carbons (Fsp3) is 0.537. The van der Waals surface area contributed by atoms with Crippen molar-refractivity contribution in [3.8, 4) is 0 Å². The molecule has 56 heavy (non-hydrogen) atoms. The number of fused-ring (bicyclic) bond motifs is 4. The van der Waals surface area contributed by atoms with Crippen molar-refractivity contribution in [1.29, 1.82) is 0 Å². The van der Waals surface area contributed by atoms with Crippen molar-refractivity contribution in [3.63, 3.8) is 0 Å². The highest BCUT2D eigenvalue weighted by Gasteiger charge is 2.75. The summed E-state index contributed by atoms with van der Waals surface area (Å²) in [5.74, 6) is -2.40. The van der Waals surface area contributed by atoms with Crippen molar-refractivity contribution in [2.75, 3.05) is 34.5 Å². The Morgan fingerprint density at radius 2 is 1.73 bits per heavy atom. The summed E-state index contributed by atoms with van der Waals surface area (Å²) in [4.78, 5) is 78.0. The second-order valence-electron chi connectivity index (χ2n) is 16.0. The highest BCUT2D eigenvalue weighted by atomic mass is 16.8. The number of nitrogens with one attached hydrogen (secondary N) is 1. The van der Waals surface area contributed by atoms with E-state index in [2.05, 4.69) is 5.32 Å². The Morgan fingerprint density at radius 3 is 2.43 bits per heavy atom. The van der Waals surface area contributed by atoms with Crippen LogP contribution in [0.25, 0.3) is 6.08 Å². The summed E-state index contributed by atoms with van der Waals surface area (Å²) >= 11 is 0. The summed E-state index contributed by atoms with van der Waals surface area (Å²) in [5.41, 5.74) is -0.0261. The molecular formula is C41H52N4O11. The molecule has 4 aliphatic rings. The van der Waals surface area contributed by atoms with Crippen LogP contribution in [0.15, 0.2) is 60.7 Å². The van der Waals surface area contributed by atoms with Gasteiger partial charge in [0.25, 0.3) is 0 Å². The van der Waals surface area contributed by atoms with Gasteiger partial charge < -0.3 is 39.2 Å². The molecule has 3 aliphatic heterocycles. The lowest BCUT2D eigenvalue weighted by Crippen LogP contribution is -2.70. The maximum absolute atomic E-state index is 15.3. The largest absolute Gasteiger partial charge is 0.460 e. The van der Waals surface area contributed by atoms with Crippen molar-refractivity contribution >= 4 is 35.7 Å². The number of likely N-dealkylation sites (N-methyl/N-ethyl adjacent to an activating group) is 2. The fourth-order valence-corrected chi connectivity index (χ4v) is 8.04. The fourth-order valence-electron chi connectivity index (χ4n) is 8.04. The monoisotopic (exact) mass is 776 g/mol. The summed E-state index contributed by atoms with van der Waals surface area (Å²) in [7, 11) is 4.83. The third-order valence-corrected chi connectivity index (χ3v) is 10.7. The second kappa shape index (κ2) is 16.8. The Balaban J connectivity index is 1.32. The van der Waals surface area contributed by atoms with E-state index in [9.17, 15) is 24.3 Å². The van der Waals surface area contributed by atoms with Crippen LogP contribution in [0.1, 0.15) is 56.7 Å². The van der Waals surface area contributed by atoms with Gasteiger partial charge in [0, 0.05) is 46.5 Å². The van der Waals surface area contributed by atoms with Gasteiger partial charge >= 0.3 is 11.9 Å². The van der Waals surface area contributed by atoms with Gasteiger partial charge in [0.05, 0.1) is 19.2 Å². The van der Waals surface area contributed by atoms with Gasteiger partial charge in [-0.1, -0.05) is 54.6 Å². The normalized spacial score (nSPS) is 26.6. The minimum absolute atomic E-state index is 0.0421. The lowest BCUT2D eigenvalue weighted by molar-refractivity contribution is -0.204. The first-order valence-electron chi connectivity index (χ1n) is 18.9. The Kier molecular flexibility index (Phi) is 12.3. The molecule has 4 fully saturated rings. The highest BCUT2D eigenvalue weighted by molar-refractivity contribution is 5.96. The molecule has 3 heterocycles. The topological polar surface area (TPSA) is 173 Å². The molecule has 0 aromatic heterocycles. The third kappa shape index (κ3) is 8.51. The number of hydrogen-bond acceptors (Lipinski definition) is 12. The van der Waals surface area contributed by atoms with Crippen molar-refractivity contribution < 1.29 is 52.9 Å². The maximum Gasteiger partial charge on any atom is 0.327 e. The van der Waals surface area contributed by atoms with E-state index in [0.29, 0.717) is 5.56 Å². The molecule has 0 radical (unpaired) electrons. The molecule has 1 saturated carbocycles. The quantitative estimate of drug-likeness (QED) is 0.212. The number of amides is 3. The number of hydroxylamine groups is 2. The first kappa shape index (κ1) is 41.0. The number of hydrogen-bond donors (Lipinski definition) is 2. The van der Waals surface area contributed by atoms with E-state index < -0.39 is 83.9 Å². The minimum Gasteiger partial charge on any atom is -0.460 e. The number of nitrogens with zero attached hydrogens (tertiary/aromatic N) is 3. The summed E-state index contributed by atoms with van der Waals surface area (Å²) in [6, 6.07) is 13.4. The molecule has 0 spiro atoms. The van der Waals surface area contributed by atoms with E-state index in [1.807, 2.05) is 54.6 Å². The zero-order valence-corrected chi connectivity index (χ0v) is 32.7. The van der Waals surface area contributed by atoms with E-state index in [0.717, 1.165) is 11.1 Å². The van der Waals surface area contributed by atoms with Gasteiger partial charge in [-0.3, -0.25) is 28.8 Å². The third-order valence-electron chi connectivity index (χ3n) is 10.7. The van der Waals surface area contributed by atoms with E-state index >= 15 is 4.79 Å². The number of esters is 2. The number of carbonyl (C=O) groups excluding carboxylic acids is 5. The van der Waals surface area contributed by atoms with Crippen molar-refractivity contribution in [1.82, 2.24) is 20.2 Å². The van der Waals surface area contributed by atoms with Crippen LogP contribution in [0, 0.1) is 5.41 Å². The van der Waals surface area contributed by atoms with E-state index in [1.54, 1.807) is 40.9 Å². The van der Waals surface area contributed by atoms with Gasteiger partial charge in [0.15, 0.2) is 6.04 Å². The Hall–Kier alpha value is -4.67. The molecular weight excluding hydrogens is 724 g/mol. The van der Waals surface area contributed by atoms with Crippen molar-refractivity contribution in [2.45, 2.75) is 101 Å². The van der Waals surface area contributed by atoms with Crippen LogP contribution in [-0.4, -0.2) is 132 Å². The molecule has 15 heteroatoms. The van der Waals surface area contributed by atoms with Gasteiger partial charge in [-0.2, -0.15) is 5.06 Å². The van der Waals surface area contributed by atoms with Crippen LogP contribution in [-0.2, 0) is 60.7 Å². The van der Waals surface area contributed by atoms with Crippen LogP contribution >= 0.6 is 0 Å². The predicted molar refractivity (Wildman–Crippen MR) is 201 cm³/mol. The van der Waals surface area contributed by atoms with E-state index in [-0.39, 0.29) is 44.9 Å². The predicted octanol–water partition coefficient (Wildman–Crippen LogP) is 2.00. The van der Waals surface area contributed by atoms with Crippen LogP contribution in [0.5, 0.6) is 0 Å². The number of ether oxygens (including phenoxy) is 4. The Morgan fingerprint density at radius 1 is 1.04 bits per heavy atom. The lowest BCUT2D eigenvalue weighted by Gasteiger charge is -2.50. The van der Waals surface area contributed by atoms with E-state index in [4.69, 9.17) is 23.8 Å². The molecule has 3 amide bonds. The Bertz CT molecular complexity index is 1810. The molecule has 2 N–H and O–H groups in total. The van der Waals surface area contributed by atoms with Gasteiger partial charge in [-0.15, -0.1) is 0 Å².